The van der Waals surface area contributed by atoms with Crippen LogP contribution < -0.4 is 0 Å². The SMILES string of the molecule is CC(C)[Si](CC=C=CCCF)(C(C)C)C(C)C. The van der Waals surface area contributed by atoms with Gasteiger partial charge in [0.25, 0.3) is 0 Å². The van der Waals surface area contributed by atoms with Crippen LogP contribution in [0.2, 0.25) is 22.7 Å². The van der Waals surface area contributed by atoms with Gasteiger partial charge < -0.3 is 0 Å². The summed E-state index contributed by atoms with van der Waals surface area (Å²) in [6.07, 6.45) is 4.47. The van der Waals surface area contributed by atoms with Crippen molar-refractivity contribution in [2.75, 3.05) is 6.67 Å². The van der Waals surface area contributed by atoms with E-state index in [1.54, 1.807) is 0 Å². The largest absolute Gasteiger partial charge is 0.251 e. The minimum absolute atomic E-state index is 0.276. The molecule has 0 atom stereocenters. The molecule has 0 bridgehead atoms. The molecule has 0 saturated heterocycles. The van der Waals surface area contributed by atoms with Gasteiger partial charge >= 0.3 is 0 Å². The second kappa shape index (κ2) is 7.89. The number of hydrogen-bond donors (Lipinski definition) is 0. The van der Waals surface area contributed by atoms with E-state index in [2.05, 4.69) is 53.3 Å². The second-order valence-corrected chi connectivity index (χ2v) is 11.9. The molecule has 0 aromatic rings. The monoisotopic (exact) mass is 256 g/mol. The van der Waals surface area contributed by atoms with Crippen molar-refractivity contribution in [1.82, 2.24) is 0 Å². The van der Waals surface area contributed by atoms with Crippen LogP contribution in [0.15, 0.2) is 17.9 Å². The van der Waals surface area contributed by atoms with Crippen LogP contribution in [0.1, 0.15) is 48.0 Å². The van der Waals surface area contributed by atoms with Gasteiger partial charge in [0.15, 0.2) is 0 Å². The highest BCUT2D eigenvalue weighted by molar-refractivity contribution is 6.83. The van der Waals surface area contributed by atoms with E-state index in [9.17, 15) is 4.39 Å². The zero-order chi connectivity index (χ0) is 13.5. The Hall–Kier alpha value is -0.333. The minimum atomic E-state index is -1.32. The van der Waals surface area contributed by atoms with Gasteiger partial charge in [-0.3, -0.25) is 4.39 Å². The number of allylic oxidation sites excluding steroid dienone is 1. The normalized spacial score (nSPS) is 12.1. The summed E-state index contributed by atoms with van der Waals surface area (Å²) in [6.45, 7) is 13.9. The van der Waals surface area contributed by atoms with Crippen molar-refractivity contribution in [3.8, 4) is 0 Å². The fourth-order valence-corrected chi connectivity index (χ4v) is 9.05. The Morgan fingerprint density at radius 3 is 1.76 bits per heavy atom. The molecular formula is C15H29FSi. The van der Waals surface area contributed by atoms with E-state index in [0.29, 0.717) is 6.42 Å². The Morgan fingerprint density at radius 1 is 0.941 bits per heavy atom. The molecule has 17 heavy (non-hydrogen) atoms. The van der Waals surface area contributed by atoms with Gasteiger partial charge in [-0.1, -0.05) is 58.2 Å². The predicted octanol–water partition coefficient (Wildman–Crippen LogP) is 5.74. The van der Waals surface area contributed by atoms with E-state index >= 15 is 0 Å². The molecule has 0 fully saturated rings. The average molecular weight is 256 g/mol. The van der Waals surface area contributed by atoms with Gasteiger partial charge in [-0.15, -0.1) is 5.73 Å². The van der Waals surface area contributed by atoms with Gasteiger partial charge in [-0.05, 0) is 18.2 Å². The lowest BCUT2D eigenvalue weighted by molar-refractivity contribution is 0.501. The molecule has 0 aromatic carbocycles. The highest BCUT2D eigenvalue weighted by atomic mass is 28.3. The number of alkyl halides is 1. The van der Waals surface area contributed by atoms with E-state index < -0.39 is 8.07 Å². The third kappa shape index (κ3) is 4.44. The Bertz CT molecular complexity index is 238. The molecule has 0 aliphatic rings. The summed E-state index contributed by atoms with van der Waals surface area (Å²) in [7, 11) is -1.32. The molecule has 0 nitrogen and oxygen atoms in total. The van der Waals surface area contributed by atoms with Crippen molar-refractivity contribution in [3.63, 3.8) is 0 Å². The molecule has 0 aliphatic carbocycles. The van der Waals surface area contributed by atoms with Gasteiger partial charge in [0, 0.05) is 6.42 Å². The van der Waals surface area contributed by atoms with Crippen molar-refractivity contribution in [1.29, 1.82) is 0 Å². The third-order valence-electron chi connectivity index (χ3n) is 4.17. The summed E-state index contributed by atoms with van der Waals surface area (Å²) < 4.78 is 12.0. The minimum Gasteiger partial charge on any atom is -0.251 e. The Labute approximate surface area is 108 Å². The zero-order valence-corrected chi connectivity index (χ0v) is 13.4. The fourth-order valence-electron chi connectivity index (χ4n) is 3.16. The quantitative estimate of drug-likeness (QED) is 0.403. The van der Waals surface area contributed by atoms with Crippen molar-refractivity contribution in [2.24, 2.45) is 0 Å². The number of hydrogen-bond acceptors (Lipinski definition) is 0. The van der Waals surface area contributed by atoms with E-state index in [1.165, 1.54) is 6.04 Å². The molecular weight excluding hydrogens is 227 g/mol. The fraction of sp³-hybridized carbons (Fsp3) is 0.800. The average Bonchev–Trinajstić information content (AvgIpc) is 2.21. The maximum Gasteiger partial charge on any atom is 0.0934 e. The molecule has 0 amide bonds. The molecule has 0 saturated carbocycles. The van der Waals surface area contributed by atoms with Gasteiger partial charge in [-0.2, -0.15) is 0 Å². The van der Waals surface area contributed by atoms with Crippen molar-refractivity contribution < 1.29 is 4.39 Å². The molecule has 0 radical (unpaired) electrons. The molecule has 0 aromatic heterocycles. The third-order valence-corrected chi connectivity index (χ3v) is 11.5. The first-order valence-electron chi connectivity index (χ1n) is 6.84. The van der Waals surface area contributed by atoms with Gasteiger partial charge in [0.1, 0.15) is 0 Å². The van der Waals surface area contributed by atoms with Crippen molar-refractivity contribution in [3.05, 3.63) is 17.9 Å². The Kier molecular flexibility index (Phi) is 7.74. The summed E-state index contributed by atoms with van der Waals surface area (Å²) in [4.78, 5) is 0. The van der Waals surface area contributed by atoms with Crippen LogP contribution in [-0.4, -0.2) is 14.7 Å². The van der Waals surface area contributed by atoms with Gasteiger partial charge in [0.05, 0.1) is 14.7 Å². The molecule has 0 spiro atoms. The first-order valence-corrected chi connectivity index (χ1v) is 9.28. The molecule has 2 heteroatoms. The van der Waals surface area contributed by atoms with Crippen LogP contribution in [-0.2, 0) is 0 Å². The lowest BCUT2D eigenvalue weighted by Crippen LogP contribution is -2.43. The van der Waals surface area contributed by atoms with E-state index in [1.807, 2.05) is 6.08 Å². The summed E-state index contributed by atoms with van der Waals surface area (Å²) in [5, 5.41) is 0. The van der Waals surface area contributed by atoms with Crippen molar-refractivity contribution >= 4 is 8.07 Å². The van der Waals surface area contributed by atoms with E-state index in [-0.39, 0.29) is 6.67 Å². The molecule has 100 valence electrons. The van der Waals surface area contributed by atoms with Gasteiger partial charge in [0.2, 0.25) is 0 Å². The van der Waals surface area contributed by atoms with Crippen LogP contribution in [0.25, 0.3) is 0 Å². The zero-order valence-electron chi connectivity index (χ0n) is 12.4. The summed E-state index contributed by atoms with van der Waals surface area (Å²) >= 11 is 0. The maximum absolute atomic E-state index is 12.0. The highest BCUT2D eigenvalue weighted by Gasteiger charge is 2.41. The first-order chi connectivity index (χ1) is 7.89. The first kappa shape index (κ1) is 16.7. The summed E-state index contributed by atoms with van der Waals surface area (Å²) in [5.74, 6) is 0. The maximum atomic E-state index is 12.0. The summed E-state index contributed by atoms with van der Waals surface area (Å²) in [6, 6.07) is 1.17. The van der Waals surface area contributed by atoms with Crippen LogP contribution in [0, 0.1) is 0 Å². The topological polar surface area (TPSA) is 0 Å². The predicted molar refractivity (Wildman–Crippen MR) is 79.1 cm³/mol. The highest BCUT2D eigenvalue weighted by Crippen LogP contribution is 2.44. The number of rotatable bonds is 7. The number of halogens is 1. The van der Waals surface area contributed by atoms with Crippen molar-refractivity contribution in [2.45, 2.75) is 70.6 Å². The lowest BCUT2D eigenvalue weighted by atomic mass is 10.4. The molecule has 0 unspecified atom stereocenters. The molecule has 0 aliphatic heterocycles. The smallest absolute Gasteiger partial charge is 0.0934 e. The molecule has 0 N–H and O–H groups in total. The van der Waals surface area contributed by atoms with Crippen LogP contribution in [0.4, 0.5) is 4.39 Å². The standard InChI is InChI=1S/C15H29FSi/c1-13(2)17(14(3)4,15(5)6)12-10-8-7-9-11-16/h7,10,13-15H,9,11-12H2,1-6H3. The Balaban J connectivity index is 4.88. The van der Waals surface area contributed by atoms with E-state index in [0.717, 1.165) is 16.6 Å². The van der Waals surface area contributed by atoms with Gasteiger partial charge in [-0.25, -0.2) is 0 Å². The van der Waals surface area contributed by atoms with Crippen LogP contribution in [0.5, 0.6) is 0 Å². The second-order valence-electron chi connectivity index (χ2n) is 5.83. The van der Waals surface area contributed by atoms with E-state index in [4.69, 9.17) is 0 Å². The van der Waals surface area contributed by atoms with Crippen LogP contribution >= 0.6 is 0 Å². The lowest BCUT2D eigenvalue weighted by Gasteiger charge is -2.42. The Morgan fingerprint density at radius 2 is 1.41 bits per heavy atom. The molecule has 0 rings (SSSR count). The summed E-state index contributed by atoms with van der Waals surface area (Å²) in [5.41, 5.74) is 5.49. The molecule has 0 heterocycles. The van der Waals surface area contributed by atoms with Crippen LogP contribution in [0.3, 0.4) is 0 Å².